The fraction of sp³-hybridized carbons (Fsp3) is 0.150. The van der Waals surface area contributed by atoms with Gasteiger partial charge in [-0.3, -0.25) is 4.79 Å². The Morgan fingerprint density at radius 1 is 1.28 bits per heavy atom. The van der Waals surface area contributed by atoms with Gasteiger partial charge < -0.3 is 14.5 Å². The number of benzene rings is 1. The van der Waals surface area contributed by atoms with Gasteiger partial charge in [-0.05, 0) is 43.5 Å². The number of carbonyl (C=O) groups is 1. The van der Waals surface area contributed by atoms with Gasteiger partial charge in [0, 0.05) is 17.8 Å². The first kappa shape index (κ1) is 20.1. The Bertz CT molecular complexity index is 1140. The average Bonchev–Trinajstić information content (AvgIpc) is 2.74. The number of nitriles is 1. The summed E-state index contributed by atoms with van der Waals surface area (Å²) in [6, 6.07) is 11.6. The lowest BCUT2D eigenvalue weighted by molar-refractivity contribution is 0.0526. The smallest absolute Gasteiger partial charge is 0.338 e. The van der Waals surface area contributed by atoms with Crippen molar-refractivity contribution < 1.29 is 14.3 Å². The van der Waals surface area contributed by atoms with Crippen LogP contribution >= 0.6 is 11.8 Å². The van der Waals surface area contributed by atoms with Gasteiger partial charge in [0.15, 0.2) is 5.16 Å². The van der Waals surface area contributed by atoms with Crippen molar-refractivity contribution in [3.63, 3.8) is 0 Å². The number of esters is 1. The van der Waals surface area contributed by atoms with Crippen molar-refractivity contribution in [2.75, 3.05) is 12.9 Å². The van der Waals surface area contributed by atoms with Crippen LogP contribution in [0.4, 0.5) is 0 Å². The third-order valence-electron chi connectivity index (χ3n) is 3.80. The van der Waals surface area contributed by atoms with Gasteiger partial charge in [0.2, 0.25) is 5.88 Å². The van der Waals surface area contributed by atoms with E-state index in [1.54, 1.807) is 43.5 Å². The maximum absolute atomic E-state index is 12.1. The predicted octanol–water partition coefficient (Wildman–Crippen LogP) is 3.39. The number of thioether (sulfide) groups is 1. The molecule has 0 atom stereocenters. The van der Waals surface area contributed by atoms with Crippen molar-refractivity contribution in [2.24, 2.45) is 0 Å². The summed E-state index contributed by atoms with van der Waals surface area (Å²) in [4.78, 5) is 34.9. The fourth-order valence-corrected chi connectivity index (χ4v) is 2.85. The monoisotopic (exact) mass is 408 g/mol. The van der Waals surface area contributed by atoms with E-state index in [0.717, 1.165) is 0 Å². The lowest BCUT2D eigenvalue weighted by Gasteiger charge is -2.08. The molecule has 0 saturated heterocycles. The minimum Gasteiger partial charge on any atom is -0.462 e. The summed E-state index contributed by atoms with van der Waals surface area (Å²) in [5.41, 5.74) is 0.699. The van der Waals surface area contributed by atoms with Gasteiger partial charge in [-0.15, -0.1) is 0 Å². The second kappa shape index (κ2) is 9.03. The zero-order chi connectivity index (χ0) is 20.8. The van der Waals surface area contributed by atoms with E-state index in [4.69, 9.17) is 9.47 Å². The van der Waals surface area contributed by atoms with E-state index in [1.165, 1.54) is 24.0 Å². The molecule has 8 nitrogen and oxygen atoms in total. The Balaban J connectivity index is 1.86. The molecular weight excluding hydrogens is 392 g/mol. The molecule has 0 bridgehead atoms. The number of nitrogens with zero attached hydrogens (tertiary/aromatic N) is 3. The normalized spacial score (nSPS) is 10.2. The van der Waals surface area contributed by atoms with Gasteiger partial charge in [-0.25, -0.2) is 14.8 Å². The highest BCUT2D eigenvalue weighted by atomic mass is 32.2. The molecule has 0 amide bonds. The molecule has 3 rings (SSSR count). The van der Waals surface area contributed by atoms with Crippen LogP contribution in [-0.2, 0) is 4.74 Å². The Labute approximate surface area is 170 Å². The lowest BCUT2D eigenvalue weighted by atomic mass is 10.1. The summed E-state index contributed by atoms with van der Waals surface area (Å²) in [6.07, 6.45) is 3.24. The molecular formula is C20H16N4O4S. The Morgan fingerprint density at radius 3 is 2.69 bits per heavy atom. The van der Waals surface area contributed by atoms with E-state index in [1.807, 2.05) is 6.07 Å². The van der Waals surface area contributed by atoms with E-state index >= 15 is 0 Å². The molecule has 0 aliphatic carbocycles. The predicted molar refractivity (Wildman–Crippen MR) is 107 cm³/mol. The van der Waals surface area contributed by atoms with Gasteiger partial charge >= 0.3 is 5.97 Å². The molecule has 9 heteroatoms. The highest BCUT2D eigenvalue weighted by molar-refractivity contribution is 7.98. The SMILES string of the molecule is CCOC(=O)c1ccnc(Oc2ccc(-c3nc(SC)[nH]c(=O)c3C#N)cc2)c1. The second-order valence-corrected chi connectivity index (χ2v) is 6.44. The first-order chi connectivity index (χ1) is 14.0. The largest absolute Gasteiger partial charge is 0.462 e. The van der Waals surface area contributed by atoms with Crippen LogP contribution < -0.4 is 10.3 Å². The Hall–Kier alpha value is -3.64. The van der Waals surface area contributed by atoms with Crippen LogP contribution in [0.2, 0.25) is 0 Å². The van der Waals surface area contributed by atoms with Crippen molar-refractivity contribution in [1.82, 2.24) is 15.0 Å². The molecule has 146 valence electrons. The fourth-order valence-electron chi connectivity index (χ4n) is 2.47. The van der Waals surface area contributed by atoms with Crippen LogP contribution in [0.3, 0.4) is 0 Å². The van der Waals surface area contributed by atoms with E-state index in [9.17, 15) is 14.9 Å². The third-order valence-corrected chi connectivity index (χ3v) is 4.38. The van der Waals surface area contributed by atoms with Crippen molar-refractivity contribution in [3.05, 3.63) is 64.1 Å². The summed E-state index contributed by atoms with van der Waals surface area (Å²) < 4.78 is 10.6. The van der Waals surface area contributed by atoms with Crippen LogP contribution in [0.25, 0.3) is 11.3 Å². The topological polar surface area (TPSA) is 118 Å². The molecule has 0 fully saturated rings. The van der Waals surface area contributed by atoms with Crippen LogP contribution in [0.5, 0.6) is 11.6 Å². The third kappa shape index (κ3) is 4.62. The number of rotatable bonds is 6. The minimum atomic E-state index is -0.484. The maximum atomic E-state index is 12.1. The van der Waals surface area contributed by atoms with Crippen molar-refractivity contribution >= 4 is 17.7 Å². The number of aromatic nitrogens is 3. The van der Waals surface area contributed by atoms with Crippen LogP contribution in [0, 0.1) is 11.3 Å². The summed E-state index contributed by atoms with van der Waals surface area (Å²) in [5, 5.41) is 9.72. The summed E-state index contributed by atoms with van der Waals surface area (Å²) >= 11 is 1.28. The standard InChI is InChI=1S/C20H16N4O4S/c1-3-27-19(26)13-8-9-22-16(10-13)28-14-6-4-12(5-7-14)17-15(11-21)18(25)24-20(23-17)29-2/h4-10H,3H2,1-2H3,(H,23,24,25). The van der Waals surface area contributed by atoms with Gasteiger partial charge in [0.1, 0.15) is 17.4 Å². The molecule has 0 aliphatic rings. The van der Waals surface area contributed by atoms with Gasteiger partial charge in [-0.1, -0.05) is 11.8 Å². The molecule has 0 unspecified atom stereocenters. The quantitative estimate of drug-likeness (QED) is 0.375. The molecule has 1 N–H and O–H groups in total. The summed E-state index contributed by atoms with van der Waals surface area (Å²) in [5.74, 6) is 0.250. The molecule has 1 aromatic carbocycles. The summed E-state index contributed by atoms with van der Waals surface area (Å²) in [7, 11) is 0. The Morgan fingerprint density at radius 2 is 2.03 bits per heavy atom. The van der Waals surface area contributed by atoms with Gasteiger partial charge in [0.25, 0.3) is 5.56 Å². The molecule has 0 radical (unpaired) electrons. The zero-order valence-electron chi connectivity index (χ0n) is 15.6. The van der Waals surface area contributed by atoms with Gasteiger partial charge in [-0.2, -0.15) is 5.26 Å². The van der Waals surface area contributed by atoms with Crippen LogP contribution in [0.1, 0.15) is 22.8 Å². The number of pyridine rings is 1. The average molecular weight is 408 g/mol. The van der Waals surface area contributed by atoms with Crippen molar-refractivity contribution in [1.29, 1.82) is 5.26 Å². The number of hydrogen-bond donors (Lipinski definition) is 1. The van der Waals surface area contributed by atoms with Crippen molar-refractivity contribution in [3.8, 4) is 29.0 Å². The second-order valence-electron chi connectivity index (χ2n) is 5.64. The molecule has 0 saturated carbocycles. The zero-order valence-corrected chi connectivity index (χ0v) is 16.4. The number of aromatic amines is 1. The van der Waals surface area contributed by atoms with Crippen molar-refractivity contribution in [2.45, 2.75) is 12.1 Å². The van der Waals surface area contributed by atoms with Gasteiger partial charge in [0.05, 0.1) is 17.9 Å². The molecule has 3 aromatic rings. The number of H-pyrrole nitrogens is 1. The van der Waals surface area contributed by atoms with E-state index in [2.05, 4.69) is 15.0 Å². The Kier molecular flexibility index (Phi) is 6.26. The van der Waals surface area contributed by atoms with Crippen LogP contribution in [-0.4, -0.2) is 33.8 Å². The maximum Gasteiger partial charge on any atom is 0.338 e. The van der Waals surface area contributed by atoms with Crippen LogP contribution in [0.15, 0.2) is 52.5 Å². The van der Waals surface area contributed by atoms with E-state index < -0.39 is 11.5 Å². The number of hydrogen-bond acceptors (Lipinski definition) is 8. The highest BCUT2D eigenvalue weighted by Gasteiger charge is 2.14. The first-order valence-electron chi connectivity index (χ1n) is 8.55. The molecule has 2 aromatic heterocycles. The number of nitrogens with one attached hydrogen (secondary N) is 1. The van der Waals surface area contributed by atoms with E-state index in [0.29, 0.717) is 27.7 Å². The first-order valence-corrected chi connectivity index (χ1v) is 9.78. The lowest BCUT2D eigenvalue weighted by Crippen LogP contribution is -2.14. The molecule has 0 spiro atoms. The molecule has 29 heavy (non-hydrogen) atoms. The summed E-state index contributed by atoms with van der Waals surface area (Å²) in [6.45, 7) is 2.01. The molecule has 2 heterocycles. The molecule has 0 aliphatic heterocycles. The minimum absolute atomic E-state index is 0.0553. The number of ether oxygens (including phenoxy) is 2. The number of carbonyl (C=O) groups excluding carboxylic acids is 1. The van der Waals surface area contributed by atoms with E-state index in [-0.39, 0.29) is 18.1 Å². The highest BCUT2D eigenvalue weighted by Crippen LogP contribution is 2.26.